The van der Waals surface area contributed by atoms with Crippen molar-refractivity contribution >= 4 is 32.4 Å². The van der Waals surface area contributed by atoms with Gasteiger partial charge in [-0.3, -0.25) is 9.48 Å². The summed E-state index contributed by atoms with van der Waals surface area (Å²) in [6.45, 7) is 2.88. The highest BCUT2D eigenvalue weighted by Crippen LogP contribution is 2.43. The molecule has 2 N–H and O–H groups in total. The molecule has 9 nitrogen and oxygen atoms in total. The van der Waals surface area contributed by atoms with Crippen molar-refractivity contribution in [2.75, 3.05) is 18.4 Å². The number of nitrogens with zero attached hydrogens (tertiary/aromatic N) is 4. The molecule has 172 valence electrons. The number of aromatic nitrogens is 3. The van der Waals surface area contributed by atoms with E-state index in [1.165, 1.54) is 4.31 Å². The number of pyridine rings is 1. The van der Waals surface area contributed by atoms with E-state index in [4.69, 9.17) is 5.10 Å². The molecule has 1 aromatic carbocycles. The Morgan fingerprint density at radius 2 is 2.03 bits per heavy atom. The van der Waals surface area contributed by atoms with Crippen LogP contribution in [0.2, 0.25) is 0 Å². The van der Waals surface area contributed by atoms with E-state index in [2.05, 4.69) is 16.4 Å². The van der Waals surface area contributed by atoms with Gasteiger partial charge in [-0.05, 0) is 68.4 Å². The van der Waals surface area contributed by atoms with Gasteiger partial charge in [-0.1, -0.05) is 0 Å². The molecule has 0 unspecified atom stereocenters. The molecule has 0 amide bonds. The van der Waals surface area contributed by atoms with Crippen LogP contribution in [0.1, 0.15) is 43.7 Å². The van der Waals surface area contributed by atoms with Crippen molar-refractivity contribution < 1.29 is 8.42 Å². The van der Waals surface area contributed by atoms with Gasteiger partial charge in [-0.25, -0.2) is 8.42 Å². The van der Waals surface area contributed by atoms with Gasteiger partial charge in [0.2, 0.25) is 10.0 Å². The Morgan fingerprint density at radius 3 is 2.70 bits per heavy atom. The first-order chi connectivity index (χ1) is 15.9. The molecule has 2 aromatic heterocycles. The number of hydrogen-bond donors (Lipinski definition) is 2. The summed E-state index contributed by atoms with van der Waals surface area (Å²) in [5.41, 5.74) is 1.69. The highest BCUT2D eigenvalue weighted by atomic mass is 32.2. The number of nitriles is 1. The first-order valence-corrected chi connectivity index (χ1v) is 12.7. The Morgan fingerprint density at radius 1 is 1.27 bits per heavy atom. The average molecular weight is 467 g/mol. The van der Waals surface area contributed by atoms with Crippen molar-refractivity contribution in [2.45, 2.75) is 50.0 Å². The summed E-state index contributed by atoms with van der Waals surface area (Å²) in [6.07, 6.45) is 5.78. The summed E-state index contributed by atoms with van der Waals surface area (Å²) in [5, 5.41) is 17.6. The minimum atomic E-state index is -3.52. The molecule has 10 heteroatoms. The van der Waals surface area contributed by atoms with E-state index in [-0.39, 0.29) is 11.6 Å². The monoisotopic (exact) mass is 466 g/mol. The summed E-state index contributed by atoms with van der Waals surface area (Å²) in [6, 6.07) is 9.04. The predicted molar refractivity (Wildman–Crippen MR) is 125 cm³/mol. The summed E-state index contributed by atoms with van der Waals surface area (Å²) < 4.78 is 29.3. The molecular formula is C23H26N6O3S. The number of fused-ring (bicyclic) bond motifs is 1. The number of sulfonamides is 1. The molecule has 1 aliphatic heterocycles. The Bertz CT molecular complexity index is 1410. The van der Waals surface area contributed by atoms with E-state index >= 15 is 0 Å². The lowest BCUT2D eigenvalue weighted by Crippen LogP contribution is -2.28. The lowest BCUT2D eigenvalue weighted by Gasteiger charge is -2.17. The van der Waals surface area contributed by atoms with E-state index < -0.39 is 10.0 Å². The first kappa shape index (κ1) is 21.7. The van der Waals surface area contributed by atoms with Crippen LogP contribution in [-0.4, -0.2) is 40.6 Å². The Balaban J connectivity index is 1.51. The van der Waals surface area contributed by atoms with E-state index in [1.54, 1.807) is 42.1 Å². The maximum Gasteiger partial charge on any atom is 0.261 e. The van der Waals surface area contributed by atoms with Gasteiger partial charge < -0.3 is 10.3 Å². The highest BCUT2D eigenvalue weighted by Gasteiger charge is 2.34. The van der Waals surface area contributed by atoms with Gasteiger partial charge in [0.25, 0.3) is 5.56 Å². The van der Waals surface area contributed by atoms with Gasteiger partial charge in [0.15, 0.2) is 5.82 Å². The second-order valence-electron chi connectivity index (χ2n) is 8.84. The topological polar surface area (TPSA) is 124 Å². The fourth-order valence-electron chi connectivity index (χ4n) is 4.69. The lowest BCUT2D eigenvalue weighted by molar-refractivity contribution is 0.426. The van der Waals surface area contributed by atoms with Crippen molar-refractivity contribution in [3.8, 4) is 6.07 Å². The largest absolute Gasteiger partial charge is 0.338 e. The molecule has 1 aliphatic carbocycles. The zero-order valence-electron chi connectivity index (χ0n) is 18.4. The standard InChI is InChI=1S/C23H26N6O3S/c1-15-14-17(6-7-20(15)33(31,32)28-12-2-3-13-28)26-22-21-19(9-11-25-23(21)30)29(27-22)18(8-10-24)16-4-5-16/h6-7,9,11,14,16,18H,2-5,8,12-13H2,1H3,(H,25,30)(H,26,27)/t18-/m0/s1. The van der Waals surface area contributed by atoms with Crippen LogP contribution in [-0.2, 0) is 10.0 Å². The van der Waals surface area contributed by atoms with E-state index in [0.29, 0.717) is 58.3 Å². The van der Waals surface area contributed by atoms with Gasteiger partial charge in [0.05, 0.1) is 28.9 Å². The van der Waals surface area contributed by atoms with Crippen molar-refractivity contribution in [2.24, 2.45) is 5.92 Å². The number of aryl methyl sites for hydroxylation is 1. The molecule has 33 heavy (non-hydrogen) atoms. The fraction of sp³-hybridized carbons (Fsp3) is 0.435. The Kier molecular flexibility index (Phi) is 5.46. The van der Waals surface area contributed by atoms with Gasteiger partial charge in [0.1, 0.15) is 5.39 Å². The minimum Gasteiger partial charge on any atom is -0.338 e. The third-order valence-electron chi connectivity index (χ3n) is 6.53. The third-order valence-corrected chi connectivity index (χ3v) is 8.59. The zero-order valence-corrected chi connectivity index (χ0v) is 19.2. The van der Waals surface area contributed by atoms with Crippen LogP contribution in [0, 0.1) is 24.2 Å². The van der Waals surface area contributed by atoms with Crippen molar-refractivity contribution in [1.82, 2.24) is 19.1 Å². The van der Waals surface area contributed by atoms with Crippen LogP contribution in [0.3, 0.4) is 0 Å². The number of rotatable bonds is 7. The molecule has 3 aromatic rings. The second-order valence-corrected chi connectivity index (χ2v) is 10.8. The van der Waals surface area contributed by atoms with Gasteiger partial charge >= 0.3 is 0 Å². The smallest absolute Gasteiger partial charge is 0.261 e. The van der Waals surface area contributed by atoms with Crippen LogP contribution in [0.5, 0.6) is 0 Å². The summed E-state index contributed by atoms with van der Waals surface area (Å²) >= 11 is 0. The fourth-order valence-corrected chi connectivity index (χ4v) is 6.41. The number of nitrogens with one attached hydrogen (secondary N) is 2. The normalized spacial score (nSPS) is 17.8. The molecular weight excluding hydrogens is 440 g/mol. The van der Waals surface area contributed by atoms with Crippen LogP contribution in [0.4, 0.5) is 11.5 Å². The number of anilines is 2. The molecule has 1 saturated carbocycles. The summed E-state index contributed by atoms with van der Waals surface area (Å²) in [5.74, 6) is 0.780. The molecule has 2 fully saturated rings. The molecule has 0 spiro atoms. The lowest BCUT2D eigenvalue weighted by atomic mass is 10.1. The minimum absolute atomic E-state index is 0.0791. The molecule has 1 saturated heterocycles. The van der Waals surface area contributed by atoms with Crippen LogP contribution < -0.4 is 10.9 Å². The quantitative estimate of drug-likeness (QED) is 0.550. The number of aromatic amines is 1. The van der Waals surface area contributed by atoms with Crippen molar-refractivity contribution in [3.05, 3.63) is 46.4 Å². The van der Waals surface area contributed by atoms with Crippen molar-refractivity contribution in [1.29, 1.82) is 5.26 Å². The maximum atomic E-state index is 13.0. The SMILES string of the molecule is Cc1cc(Nc2nn([C@@H](CC#N)C3CC3)c3cc[nH]c(=O)c23)ccc1S(=O)(=O)N1CCCC1. The maximum absolute atomic E-state index is 13.0. The second kappa shape index (κ2) is 8.32. The molecule has 0 bridgehead atoms. The van der Waals surface area contributed by atoms with Crippen LogP contribution in [0.15, 0.2) is 40.2 Å². The molecule has 3 heterocycles. The number of benzene rings is 1. The van der Waals surface area contributed by atoms with E-state index in [0.717, 1.165) is 25.7 Å². The first-order valence-electron chi connectivity index (χ1n) is 11.2. The van der Waals surface area contributed by atoms with Gasteiger partial charge in [-0.2, -0.15) is 14.7 Å². The van der Waals surface area contributed by atoms with Crippen LogP contribution >= 0.6 is 0 Å². The Labute approximate surface area is 192 Å². The zero-order chi connectivity index (χ0) is 23.2. The summed E-state index contributed by atoms with van der Waals surface area (Å²) in [7, 11) is -3.52. The van der Waals surface area contributed by atoms with E-state index in [9.17, 15) is 18.5 Å². The Hall–Kier alpha value is -3.16. The van der Waals surface area contributed by atoms with Crippen molar-refractivity contribution in [3.63, 3.8) is 0 Å². The van der Waals surface area contributed by atoms with Gasteiger partial charge in [-0.15, -0.1) is 0 Å². The van der Waals surface area contributed by atoms with E-state index in [1.807, 2.05) is 0 Å². The molecule has 0 radical (unpaired) electrons. The number of hydrogen-bond acceptors (Lipinski definition) is 6. The number of H-pyrrole nitrogens is 1. The average Bonchev–Trinajstić information content (AvgIpc) is 3.32. The van der Waals surface area contributed by atoms with Crippen LogP contribution in [0.25, 0.3) is 10.9 Å². The van der Waals surface area contributed by atoms with Gasteiger partial charge in [0, 0.05) is 25.0 Å². The third kappa shape index (κ3) is 3.92. The predicted octanol–water partition coefficient (Wildman–Crippen LogP) is 3.43. The summed E-state index contributed by atoms with van der Waals surface area (Å²) in [4.78, 5) is 15.7. The molecule has 1 atom stereocenters. The molecule has 5 rings (SSSR count). The highest BCUT2D eigenvalue weighted by molar-refractivity contribution is 7.89. The molecule has 2 aliphatic rings.